The van der Waals surface area contributed by atoms with Gasteiger partial charge in [-0.1, -0.05) is 30.3 Å². The smallest absolute Gasteiger partial charge is 0.273 e. The highest BCUT2D eigenvalue weighted by Crippen LogP contribution is 2.45. The molecule has 1 amide bonds. The highest BCUT2D eigenvalue weighted by molar-refractivity contribution is 6.00. The molecule has 2 N–H and O–H groups in total. The van der Waals surface area contributed by atoms with Crippen LogP contribution in [0.4, 0.5) is 4.39 Å². The standard InChI is InChI=1S/C29H28FN3O4/c1-16-13-17(2)28(34)20(14-16)25-24-26(32-31-25)29(35)33(27(24)19-7-5-6-8-21(19)30)12-11-18-9-10-22(36-3)23(15-18)37-4/h5-10,13-15,27,34H,11-12H2,1-4H3,(H,31,32)/t27-/m1/s1. The zero-order valence-corrected chi connectivity index (χ0v) is 21.1. The number of nitrogens with one attached hydrogen (secondary N) is 1. The maximum atomic E-state index is 15.2. The van der Waals surface area contributed by atoms with Gasteiger partial charge in [-0.3, -0.25) is 9.89 Å². The fourth-order valence-corrected chi connectivity index (χ4v) is 5.08. The second kappa shape index (κ2) is 9.61. The van der Waals surface area contributed by atoms with Gasteiger partial charge in [0.05, 0.1) is 20.3 Å². The minimum absolute atomic E-state index is 0.0865. The molecule has 0 unspecified atom stereocenters. The zero-order valence-electron chi connectivity index (χ0n) is 21.1. The first-order valence-corrected chi connectivity index (χ1v) is 12.0. The number of benzene rings is 3. The van der Waals surface area contributed by atoms with Crippen LogP contribution in [-0.2, 0) is 6.42 Å². The van der Waals surface area contributed by atoms with Gasteiger partial charge >= 0.3 is 0 Å². The number of hydrogen-bond donors (Lipinski definition) is 2. The molecule has 37 heavy (non-hydrogen) atoms. The van der Waals surface area contributed by atoms with E-state index in [4.69, 9.17) is 9.47 Å². The number of H-pyrrole nitrogens is 1. The summed E-state index contributed by atoms with van der Waals surface area (Å²) in [7, 11) is 3.15. The normalized spacial score (nSPS) is 14.7. The fourth-order valence-electron chi connectivity index (χ4n) is 5.08. The summed E-state index contributed by atoms with van der Waals surface area (Å²) < 4.78 is 25.9. The minimum atomic E-state index is -0.710. The lowest BCUT2D eigenvalue weighted by Crippen LogP contribution is -2.32. The van der Waals surface area contributed by atoms with E-state index >= 15 is 4.39 Å². The van der Waals surface area contributed by atoms with Gasteiger partial charge in [-0.2, -0.15) is 5.10 Å². The molecule has 0 saturated carbocycles. The molecule has 5 rings (SSSR count). The molecule has 4 aromatic rings. The number of fused-ring (bicyclic) bond motifs is 1. The van der Waals surface area contributed by atoms with Crippen molar-refractivity contribution in [2.75, 3.05) is 20.8 Å². The van der Waals surface area contributed by atoms with Crippen LogP contribution < -0.4 is 9.47 Å². The summed E-state index contributed by atoms with van der Waals surface area (Å²) in [5, 5.41) is 18.1. The van der Waals surface area contributed by atoms with Crippen LogP contribution >= 0.6 is 0 Å². The zero-order chi connectivity index (χ0) is 26.3. The van der Waals surface area contributed by atoms with E-state index in [0.29, 0.717) is 58.1 Å². The maximum absolute atomic E-state index is 15.2. The van der Waals surface area contributed by atoms with E-state index in [2.05, 4.69) is 10.2 Å². The predicted octanol–water partition coefficient (Wildman–Crippen LogP) is 5.34. The number of carbonyl (C=O) groups excluding carboxylic acids is 1. The summed E-state index contributed by atoms with van der Waals surface area (Å²) in [6.45, 7) is 4.07. The molecule has 0 saturated heterocycles. The number of aromatic amines is 1. The Balaban J connectivity index is 1.58. The lowest BCUT2D eigenvalue weighted by Gasteiger charge is -2.27. The lowest BCUT2D eigenvalue weighted by molar-refractivity contribution is 0.0744. The summed E-state index contributed by atoms with van der Waals surface area (Å²) in [6, 6.07) is 15.0. The van der Waals surface area contributed by atoms with E-state index in [0.717, 1.165) is 11.1 Å². The average molecular weight is 502 g/mol. The van der Waals surface area contributed by atoms with Gasteiger partial charge in [0.1, 0.15) is 23.0 Å². The first-order valence-electron chi connectivity index (χ1n) is 12.0. The van der Waals surface area contributed by atoms with Crippen molar-refractivity contribution in [3.05, 3.63) is 93.9 Å². The number of aromatic nitrogens is 2. The monoisotopic (exact) mass is 501 g/mol. The molecule has 7 nitrogen and oxygen atoms in total. The van der Waals surface area contributed by atoms with E-state index in [9.17, 15) is 9.90 Å². The van der Waals surface area contributed by atoms with Crippen molar-refractivity contribution in [1.29, 1.82) is 0 Å². The highest BCUT2D eigenvalue weighted by Gasteiger charge is 2.43. The predicted molar refractivity (Wildman–Crippen MR) is 138 cm³/mol. The van der Waals surface area contributed by atoms with Crippen molar-refractivity contribution in [2.24, 2.45) is 0 Å². The van der Waals surface area contributed by atoms with Crippen LogP contribution in [0.1, 0.15) is 44.3 Å². The Morgan fingerprint density at radius 3 is 2.54 bits per heavy atom. The largest absolute Gasteiger partial charge is 0.507 e. The first-order chi connectivity index (χ1) is 17.8. The van der Waals surface area contributed by atoms with E-state index in [1.54, 1.807) is 37.3 Å². The van der Waals surface area contributed by atoms with Crippen LogP contribution in [0.25, 0.3) is 11.3 Å². The third-order valence-electron chi connectivity index (χ3n) is 6.85. The Morgan fingerprint density at radius 1 is 1.05 bits per heavy atom. The van der Waals surface area contributed by atoms with Crippen LogP contribution in [0.5, 0.6) is 17.2 Å². The molecule has 1 atom stereocenters. The fraction of sp³-hybridized carbons (Fsp3) is 0.241. The van der Waals surface area contributed by atoms with E-state index in [-0.39, 0.29) is 11.7 Å². The molecule has 1 aromatic heterocycles. The van der Waals surface area contributed by atoms with Crippen LogP contribution in [0, 0.1) is 19.7 Å². The first kappa shape index (κ1) is 24.4. The number of rotatable bonds is 7. The Hall–Kier alpha value is -4.33. The Morgan fingerprint density at radius 2 is 1.81 bits per heavy atom. The molecule has 0 spiro atoms. The molecule has 0 fully saturated rings. The van der Waals surface area contributed by atoms with Crippen molar-refractivity contribution in [2.45, 2.75) is 26.3 Å². The average Bonchev–Trinajstić information content (AvgIpc) is 3.43. The van der Waals surface area contributed by atoms with Gasteiger partial charge in [0.25, 0.3) is 5.91 Å². The van der Waals surface area contributed by atoms with Gasteiger partial charge in [-0.05, 0) is 61.2 Å². The number of nitrogens with zero attached hydrogens (tertiary/aromatic N) is 2. The molecule has 3 aromatic carbocycles. The Labute approximate surface area is 214 Å². The number of halogens is 1. The summed E-state index contributed by atoms with van der Waals surface area (Å²) in [5.74, 6) is 0.614. The molecule has 1 aliphatic rings. The van der Waals surface area contributed by atoms with E-state index in [1.807, 2.05) is 44.2 Å². The number of carbonyl (C=O) groups is 1. The highest BCUT2D eigenvalue weighted by atomic mass is 19.1. The number of phenols is 1. The summed E-state index contributed by atoms with van der Waals surface area (Å²) in [4.78, 5) is 15.3. The van der Waals surface area contributed by atoms with Crippen molar-refractivity contribution in [3.63, 3.8) is 0 Å². The van der Waals surface area contributed by atoms with Crippen LogP contribution in [-0.4, -0.2) is 46.9 Å². The molecular weight excluding hydrogens is 473 g/mol. The van der Waals surface area contributed by atoms with Gasteiger partial charge in [0, 0.05) is 23.2 Å². The summed E-state index contributed by atoms with van der Waals surface area (Å²) in [5.41, 5.74) is 4.76. The third kappa shape index (κ3) is 4.18. The van der Waals surface area contributed by atoms with E-state index in [1.165, 1.54) is 6.07 Å². The number of hydrogen-bond acceptors (Lipinski definition) is 5. The molecule has 0 aliphatic carbocycles. The second-order valence-electron chi connectivity index (χ2n) is 9.20. The van der Waals surface area contributed by atoms with Crippen molar-refractivity contribution in [3.8, 4) is 28.5 Å². The molecule has 8 heteroatoms. The van der Waals surface area contributed by atoms with Gasteiger partial charge in [0.15, 0.2) is 11.5 Å². The third-order valence-corrected chi connectivity index (χ3v) is 6.85. The molecule has 190 valence electrons. The van der Waals surface area contributed by atoms with Crippen LogP contribution in [0.3, 0.4) is 0 Å². The number of ether oxygens (including phenoxy) is 2. The quantitative estimate of drug-likeness (QED) is 0.357. The number of amides is 1. The SMILES string of the molecule is COc1ccc(CCN2C(=O)c3[nH]nc(-c4cc(C)cc(C)c4O)c3[C@H]2c2ccccc2F)cc1OC. The van der Waals surface area contributed by atoms with Crippen LogP contribution in [0.15, 0.2) is 54.6 Å². The molecule has 0 bridgehead atoms. The molecular formula is C29H28FN3O4. The Bertz CT molecular complexity index is 1500. The molecule has 0 radical (unpaired) electrons. The van der Waals surface area contributed by atoms with Gasteiger partial charge in [-0.15, -0.1) is 0 Å². The van der Waals surface area contributed by atoms with Crippen molar-refractivity contribution < 1.29 is 23.8 Å². The Kier molecular flexibility index (Phi) is 6.33. The van der Waals surface area contributed by atoms with Gasteiger partial charge < -0.3 is 19.5 Å². The summed E-state index contributed by atoms with van der Waals surface area (Å²) >= 11 is 0. The van der Waals surface area contributed by atoms with E-state index < -0.39 is 11.9 Å². The maximum Gasteiger partial charge on any atom is 0.273 e. The lowest BCUT2D eigenvalue weighted by atomic mass is 9.93. The summed E-state index contributed by atoms with van der Waals surface area (Å²) in [6.07, 6.45) is 0.513. The van der Waals surface area contributed by atoms with Crippen LogP contribution in [0.2, 0.25) is 0 Å². The number of phenolic OH excluding ortho intramolecular Hbond substituents is 1. The number of aromatic hydroxyl groups is 1. The van der Waals surface area contributed by atoms with Crippen molar-refractivity contribution >= 4 is 5.91 Å². The minimum Gasteiger partial charge on any atom is -0.507 e. The second-order valence-corrected chi connectivity index (χ2v) is 9.20. The molecule has 2 heterocycles. The van der Waals surface area contributed by atoms with Crippen molar-refractivity contribution in [1.82, 2.24) is 15.1 Å². The number of methoxy groups -OCH3 is 2. The number of aryl methyl sites for hydroxylation is 2. The molecule has 1 aliphatic heterocycles. The van der Waals surface area contributed by atoms with Gasteiger partial charge in [-0.25, -0.2) is 4.39 Å². The topological polar surface area (TPSA) is 87.7 Å². The van der Waals surface area contributed by atoms with Gasteiger partial charge in [0.2, 0.25) is 0 Å².